The van der Waals surface area contributed by atoms with Crippen molar-refractivity contribution in [3.8, 4) is 0 Å². The first-order valence-electron chi connectivity index (χ1n) is 4.49. The second-order valence-corrected chi connectivity index (χ2v) is 3.83. The predicted molar refractivity (Wildman–Crippen MR) is 48.8 cm³/mol. The Balaban J connectivity index is 2.73. The molecular weight excluding hydrogens is 186 g/mol. The van der Waals surface area contributed by atoms with E-state index < -0.39 is 17.4 Å². The molecule has 5 nitrogen and oxygen atoms in total. The maximum atomic E-state index is 11.1. The van der Waals surface area contributed by atoms with Crippen LogP contribution in [-0.4, -0.2) is 49.2 Å². The van der Waals surface area contributed by atoms with Gasteiger partial charge >= 0.3 is 11.9 Å². The van der Waals surface area contributed by atoms with Gasteiger partial charge in [0.2, 0.25) is 0 Å². The van der Waals surface area contributed by atoms with Crippen LogP contribution in [-0.2, 0) is 14.3 Å². The van der Waals surface area contributed by atoms with E-state index >= 15 is 0 Å². The summed E-state index contributed by atoms with van der Waals surface area (Å²) in [5.41, 5.74) is -0.943. The maximum Gasteiger partial charge on any atom is 0.311 e. The third-order valence-corrected chi connectivity index (χ3v) is 2.71. The smallest absolute Gasteiger partial charge is 0.311 e. The van der Waals surface area contributed by atoms with E-state index in [2.05, 4.69) is 4.74 Å². The molecule has 1 unspecified atom stereocenters. The maximum absolute atomic E-state index is 11.1. The Bertz CT molecular complexity index is 253. The van der Waals surface area contributed by atoms with Crippen molar-refractivity contribution in [3.63, 3.8) is 0 Å². The van der Waals surface area contributed by atoms with Gasteiger partial charge in [0.25, 0.3) is 0 Å². The van der Waals surface area contributed by atoms with Crippen molar-refractivity contribution in [1.29, 1.82) is 0 Å². The molecular formula is C9H15NO4. The molecule has 1 aliphatic rings. The highest BCUT2D eigenvalue weighted by Crippen LogP contribution is 2.33. The van der Waals surface area contributed by atoms with Gasteiger partial charge in [-0.15, -0.1) is 0 Å². The second-order valence-electron chi connectivity index (χ2n) is 3.83. The van der Waals surface area contributed by atoms with Gasteiger partial charge < -0.3 is 14.7 Å². The van der Waals surface area contributed by atoms with E-state index in [4.69, 9.17) is 5.11 Å². The summed E-state index contributed by atoms with van der Waals surface area (Å²) in [5.74, 6) is -1.37. The first-order valence-corrected chi connectivity index (χ1v) is 4.49. The first-order chi connectivity index (χ1) is 6.50. The third-order valence-electron chi connectivity index (χ3n) is 2.71. The number of methoxy groups -OCH3 is 1. The molecule has 1 aliphatic heterocycles. The molecule has 0 aliphatic carbocycles. The molecule has 1 rings (SSSR count). The van der Waals surface area contributed by atoms with E-state index in [0.717, 1.165) is 0 Å². The zero-order valence-corrected chi connectivity index (χ0v) is 8.45. The molecule has 5 heteroatoms. The lowest BCUT2D eigenvalue weighted by atomic mass is 9.84. The van der Waals surface area contributed by atoms with Gasteiger partial charge in [-0.1, -0.05) is 0 Å². The van der Waals surface area contributed by atoms with Crippen molar-refractivity contribution in [3.05, 3.63) is 0 Å². The van der Waals surface area contributed by atoms with E-state index in [1.54, 1.807) is 0 Å². The van der Waals surface area contributed by atoms with Crippen LogP contribution in [0.25, 0.3) is 0 Å². The van der Waals surface area contributed by atoms with Crippen LogP contribution in [0.15, 0.2) is 0 Å². The Morgan fingerprint density at radius 1 is 1.57 bits per heavy atom. The van der Waals surface area contributed by atoms with Crippen molar-refractivity contribution in [2.75, 3.05) is 27.2 Å². The highest BCUT2D eigenvalue weighted by atomic mass is 16.5. The summed E-state index contributed by atoms with van der Waals surface area (Å²) in [5, 5.41) is 9.09. The fourth-order valence-corrected chi connectivity index (χ4v) is 1.82. The standard InChI is InChI=1S/C9H15NO4/c1-10-4-3-9(6-10,8(12)13)5-7(11)14-2/h3-6H2,1-2H3,(H,12,13). The minimum Gasteiger partial charge on any atom is -0.481 e. The minimum atomic E-state index is -0.943. The molecule has 0 aromatic heterocycles. The van der Waals surface area contributed by atoms with Crippen LogP contribution in [0.1, 0.15) is 12.8 Å². The van der Waals surface area contributed by atoms with Gasteiger partial charge in [-0.3, -0.25) is 9.59 Å². The molecule has 0 aromatic rings. The van der Waals surface area contributed by atoms with Crippen molar-refractivity contribution < 1.29 is 19.4 Å². The van der Waals surface area contributed by atoms with Crippen LogP contribution in [0.3, 0.4) is 0 Å². The number of carboxylic acid groups (broad SMARTS) is 1. The van der Waals surface area contributed by atoms with Gasteiger partial charge in [-0.2, -0.15) is 0 Å². The average Bonchev–Trinajstić information content (AvgIpc) is 2.48. The monoisotopic (exact) mass is 201 g/mol. The van der Waals surface area contributed by atoms with E-state index in [1.807, 2.05) is 11.9 Å². The highest BCUT2D eigenvalue weighted by Gasteiger charge is 2.45. The summed E-state index contributed by atoms with van der Waals surface area (Å²) >= 11 is 0. The Morgan fingerprint density at radius 2 is 2.21 bits per heavy atom. The van der Waals surface area contributed by atoms with E-state index in [0.29, 0.717) is 19.5 Å². The molecule has 1 saturated heterocycles. The number of ether oxygens (including phenoxy) is 1. The average molecular weight is 201 g/mol. The van der Waals surface area contributed by atoms with Crippen molar-refractivity contribution in [2.45, 2.75) is 12.8 Å². The number of hydrogen-bond acceptors (Lipinski definition) is 4. The highest BCUT2D eigenvalue weighted by molar-refractivity contribution is 5.82. The number of carbonyl (C=O) groups excluding carboxylic acids is 1. The minimum absolute atomic E-state index is 0.0385. The molecule has 80 valence electrons. The van der Waals surface area contributed by atoms with Crippen LogP contribution < -0.4 is 0 Å². The van der Waals surface area contributed by atoms with Crippen LogP contribution in [0.2, 0.25) is 0 Å². The molecule has 0 radical (unpaired) electrons. The summed E-state index contributed by atoms with van der Waals surface area (Å²) in [4.78, 5) is 24.1. The fourth-order valence-electron chi connectivity index (χ4n) is 1.82. The molecule has 14 heavy (non-hydrogen) atoms. The van der Waals surface area contributed by atoms with Gasteiger partial charge in [0.05, 0.1) is 18.9 Å². The van der Waals surface area contributed by atoms with Gasteiger partial charge in [-0.25, -0.2) is 0 Å². The van der Waals surface area contributed by atoms with Crippen LogP contribution in [0.5, 0.6) is 0 Å². The second kappa shape index (κ2) is 3.96. The lowest BCUT2D eigenvalue weighted by molar-refractivity contribution is -0.156. The third kappa shape index (κ3) is 2.04. The van der Waals surface area contributed by atoms with Crippen LogP contribution in [0, 0.1) is 5.41 Å². The quantitative estimate of drug-likeness (QED) is 0.649. The Hall–Kier alpha value is -1.10. The number of carboxylic acids is 1. The fraction of sp³-hybridized carbons (Fsp3) is 0.778. The molecule has 0 amide bonds. The molecule has 1 heterocycles. The number of esters is 1. The van der Waals surface area contributed by atoms with Crippen LogP contribution >= 0.6 is 0 Å². The number of aliphatic carboxylic acids is 1. The van der Waals surface area contributed by atoms with E-state index in [1.165, 1.54) is 7.11 Å². The zero-order valence-electron chi connectivity index (χ0n) is 8.45. The zero-order chi connectivity index (χ0) is 10.8. The first kappa shape index (κ1) is 11.0. The number of rotatable bonds is 3. The Morgan fingerprint density at radius 3 is 2.57 bits per heavy atom. The number of nitrogens with zero attached hydrogens (tertiary/aromatic N) is 1. The van der Waals surface area contributed by atoms with E-state index in [9.17, 15) is 9.59 Å². The van der Waals surface area contributed by atoms with Gasteiger partial charge in [0, 0.05) is 6.54 Å². The molecule has 0 aromatic carbocycles. The van der Waals surface area contributed by atoms with E-state index in [-0.39, 0.29) is 6.42 Å². The normalized spacial score (nSPS) is 27.6. The van der Waals surface area contributed by atoms with Gasteiger partial charge in [-0.05, 0) is 20.0 Å². The van der Waals surface area contributed by atoms with Crippen molar-refractivity contribution >= 4 is 11.9 Å². The molecule has 1 atom stereocenters. The largest absolute Gasteiger partial charge is 0.481 e. The Kier molecular flexibility index (Phi) is 3.10. The number of hydrogen-bond donors (Lipinski definition) is 1. The lowest BCUT2D eigenvalue weighted by Gasteiger charge is -2.22. The van der Waals surface area contributed by atoms with Gasteiger partial charge in [0.1, 0.15) is 0 Å². The summed E-state index contributed by atoms with van der Waals surface area (Å²) in [6.07, 6.45) is 0.469. The summed E-state index contributed by atoms with van der Waals surface area (Å²) in [7, 11) is 3.12. The molecule has 0 bridgehead atoms. The number of carbonyl (C=O) groups is 2. The summed E-state index contributed by atoms with van der Waals surface area (Å²) < 4.78 is 4.50. The predicted octanol–water partition coefficient (Wildman–Crippen LogP) is -0.0440. The molecule has 0 saturated carbocycles. The van der Waals surface area contributed by atoms with Crippen LogP contribution in [0.4, 0.5) is 0 Å². The van der Waals surface area contributed by atoms with Crippen molar-refractivity contribution in [1.82, 2.24) is 4.90 Å². The topological polar surface area (TPSA) is 66.8 Å². The molecule has 1 N–H and O–H groups in total. The van der Waals surface area contributed by atoms with Gasteiger partial charge in [0.15, 0.2) is 0 Å². The summed E-state index contributed by atoms with van der Waals surface area (Å²) in [6, 6.07) is 0. The molecule has 0 spiro atoms. The Labute approximate surface area is 82.6 Å². The van der Waals surface area contributed by atoms with Crippen molar-refractivity contribution in [2.24, 2.45) is 5.41 Å². The SMILES string of the molecule is COC(=O)CC1(C(=O)O)CCN(C)C1. The molecule has 1 fully saturated rings. The number of likely N-dealkylation sites (tertiary alicyclic amines) is 1. The lowest BCUT2D eigenvalue weighted by Crippen LogP contribution is -2.36. The summed E-state index contributed by atoms with van der Waals surface area (Å²) in [6.45, 7) is 1.13.